The van der Waals surface area contributed by atoms with Crippen LogP contribution in [0.5, 0.6) is 0 Å². The number of carboxylic acid groups (broad SMARTS) is 1. The maximum Gasteiger partial charge on any atom is 0.407 e. The standard InChI is InChI=1S/C23H25N3O7/c1-32-22(30)25-11-10-24-21(29)19(12-20(27)28)26-23(31)33-13-18-16-8-4-2-6-14(16)15-7-3-5-9-17(15)18/h2-9,18-19H,10-13H2,1H3,(H,24,29)(H,25,30)(H,26,31)(H,27,28). The number of amides is 3. The summed E-state index contributed by atoms with van der Waals surface area (Å²) in [6.45, 7) is 0.129. The second kappa shape index (κ2) is 11.0. The van der Waals surface area contributed by atoms with Crippen LogP contribution in [0.3, 0.4) is 0 Å². The number of aliphatic carboxylic acids is 1. The van der Waals surface area contributed by atoms with Crippen LogP contribution in [0.1, 0.15) is 23.5 Å². The lowest BCUT2D eigenvalue weighted by Gasteiger charge is -2.18. The third-order valence-electron chi connectivity index (χ3n) is 5.21. The Kier molecular flexibility index (Phi) is 7.85. The molecule has 0 aromatic heterocycles. The maximum absolute atomic E-state index is 12.4. The zero-order valence-electron chi connectivity index (χ0n) is 18.0. The third-order valence-corrected chi connectivity index (χ3v) is 5.21. The molecular weight excluding hydrogens is 430 g/mol. The quantitative estimate of drug-likeness (QED) is 0.423. The SMILES string of the molecule is COC(=O)NCCNC(=O)C(CC(=O)O)NC(=O)OCC1c2ccccc2-c2ccccc21. The van der Waals surface area contributed by atoms with Gasteiger partial charge in [-0.25, -0.2) is 9.59 Å². The Morgan fingerprint density at radius 2 is 1.48 bits per heavy atom. The summed E-state index contributed by atoms with van der Waals surface area (Å²) >= 11 is 0. The molecule has 1 aliphatic rings. The minimum Gasteiger partial charge on any atom is -0.481 e. The Bertz CT molecular complexity index is 995. The number of carboxylic acids is 1. The van der Waals surface area contributed by atoms with Crippen LogP contribution in [0.15, 0.2) is 48.5 Å². The average molecular weight is 455 g/mol. The fourth-order valence-corrected chi connectivity index (χ4v) is 3.71. The monoisotopic (exact) mass is 455 g/mol. The molecule has 10 nitrogen and oxygen atoms in total. The lowest BCUT2D eigenvalue weighted by Crippen LogP contribution is -2.49. The summed E-state index contributed by atoms with van der Waals surface area (Å²) in [6.07, 6.45) is -2.19. The van der Waals surface area contributed by atoms with E-state index in [4.69, 9.17) is 9.84 Å². The second-order valence-electron chi connectivity index (χ2n) is 7.33. The first-order valence-corrected chi connectivity index (χ1v) is 10.3. The van der Waals surface area contributed by atoms with E-state index in [1.165, 1.54) is 7.11 Å². The van der Waals surface area contributed by atoms with Gasteiger partial charge in [-0.15, -0.1) is 0 Å². The summed E-state index contributed by atoms with van der Waals surface area (Å²) in [7, 11) is 1.20. The van der Waals surface area contributed by atoms with Gasteiger partial charge in [0.25, 0.3) is 0 Å². The van der Waals surface area contributed by atoms with Gasteiger partial charge in [0.1, 0.15) is 12.6 Å². The van der Waals surface area contributed by atoms with E-state index in [2.05, 4.69) is 20.7 Å². The number of fused-ring (bicyclic) bond motifs is 3. The van der Waals surface area contributed by atoms with Crippen molar-refractivity contribution >= 4 is 24.1 Å². The van der Waals surface area contributed by atoms with E-state index >= 15 is 0 Å². The molecule has 10 heteroatoms. The summed E-state index contributed by atoms with van der Waals surface area (Å²) in [5.41, 5.74) is 4.21. The minimum absolute atomic E-state index is 0.0242. The van der Waals surface area contributed by atoms with E-state index in [1.807, 2.05) is 48.5 Å². The zero-order chi connectivity index (χ0) is 23.8. The summed E-state index contributed by atoms with van der Waals surface area (Å²) in [5.74, 6) is -2.14. The van der Waals surface area contributed by atoms with Crippen molar-refractivity contribution in [3.63, 3.8) is 0 Å². The van der Waals surface area contributed by atoms with Gasteiger partial charge in [-0.05, 0) is 22.3 Å². The number of carbonyl (C=O) groups is 4. The first kappa shape index (κ1) is 23.6. The maximum atomic E-state index is 12.4. The molecule has 33 heavy (non-hydrogen) atoms. The Hall–Kier alpha value is -4.08. The highest BCUT2D eigenvalue weighted by Crippen LogP contribution is 2.44. The average Bonchev–Trinajstić information content (AvgIpc) is 3.13. The fourth-order valence-electron chi connectivity index (χ4n) is 3.71. The van der Waals surface area contributed by atoms with E-state index in [1.54, 1.807) is 0 Å². The van der Waals surface area contributed by atoms with E-state index in [9.17, 15) is 19.2 Å². The van der Waals surface area contributed by atoms with Crippen molar-refractivity contribution in [2.24, 2.45) is 0 Å². The van der Waals surface area contributed by atoms with Crippen molar-refractivity contribution in [3.8, 4) is 11.1 Å². The van der Waals surface area contributed by atoms with Crippen molar-refractivity contribution in [3.05, 3.63) is 59.7 Å². The number of methoxy groups -OCH3 is 1. The minimum atomic E-state index is -1.34. The van der Waals surface area contributed by atoms with Crippen molar-refractivity contribution in [1.29, 1.82) is 0 Å². The predicted octanol–water partition coefficient (Wildman–Crippen LogP) is 1.84. The van der Waals surface area contributed by atoms with Gasteiger partial charge in [-0.1, -0.05) is 48.5 Å². The van der Waals surface area contributed by atoms with Gasteiger partial charge >= 0.3 is 18.2 Å². The highest BCUT2D eigenvalue weighted by Gasteiger charge is 2.30. The second-order valence-corrected chi connectivity index (χ2v) is 7.33. The Labute approximate surface area is 190 Å². The first-order chi connectivity index (χ1) is 15.9. The number of hydrogen-bond acceptors (Lipinski definition) is 6. The molecule has 1 unspecified atom stereocenters. The molecule has 4 N–H and O–H groups in total. The van der Waals surface area contributed by atoms with Crippen molar-refractivity contribution < 1.29 is 33.8 Å². The molecule has 0 aliphatic heterocycles. The Morgan fingerprint density at radius 1 is 0.909 bits per heavy atom. The molecule has 0 radical (unpaired) electrons. The summed E-state index contributed by atoms with van der Waals surface area (Å²) in [6, 6.07) is 14.4. The number of hydrogen-bond donors (Lipinski definition) is 4. The Balaban J connectivity index is 1.58. The lowest BCUT2D eigenvalue weighted by atomic mass is 9.98. The molecule has 2 aromatic carbocycles. The molecular formula is C23H25N3O7. The van der Waals surface area contributed by atoms with Crippen LogP contribution in [0.25, 0.3) is 11.1 Å². The van der Waals surface area contributed by atoms with Gasteiger partial charge < -0.3 is 30.5 Å². The first-order valence-electron chi connectivity index (χ1n) is 10.3. The molecule has 0 bridgehead atoms. The van der Waals surface area contributed by atoms with E-state index in [0.717, 1.165) is 22.3 Å². The van der Waals surface area contributed by atoms with E-state index < -0.39 is 36.5 Å². The smallest absolute Gasteiger partial charge is 0.407 e. The van der Waals surface area contributed by atoms with Crippen LogP contribution in [0.2, 0.25) is 0 Å². The lowest BCUT2D eigenvalue weighted by molar-refractivity contribution is -0.139. The zero-order valence-corrected chi connectivity index (χ0v) is 18.0. The van der Waals surface area contributed by atoms with Crippen LogP contribution in [-0.2, 0) is 19.1 Å². The van der Waals surface area contributed by atoms with Gasteiger partial charge in [-0.3, -0.25) is 9.59 Å². The van der Waals surface area contributed by atoms with Crippen LogP contribution in [0, 0.1) is 0 Å². The number of ether oxygens (including phenoxy) is 2. The molecule has 1 atom stereocenters. The van der Waals surface area contributed by atoms with E-state index in [0.29, 0.717) is 0 Å². The fraction of sp³-hybridized carbons (Fsp3) is 0.304. The number of carbonyl (C=O) groups excluding carboxylic acids is 3. The topological polar surface area (TPSA) is 143 Å². The molecule has 0 saturated carbocycles. The molecule has 174 valence electrons. The molecule has 0 fully saturated rings. The number of rotatable bonds is 9. The molecule has 1 aliphatic carbocycles. The highest BCUT2D eigenvalue weighted by atomic mass is 16.5. The molecule has 3 amide bonds. The number of benzene rings is 2. The van der Waals surface area contributed by atoms with Gasteiger partial charge in [0.15, 0.2) is 0 Å². The molecule has 3 rings (SSSR count). The third kappa shape index (κ3) is 6.00. The van der Waals surface area contributed by atoms with Gasteiger partial charge in [0.05, 0.1) is 13.5 Å². The van der Waals surface area contributed by atoms with Gasteiger partial charge in [0, 0.05) is 19.0 Å². The highest BCUT2D eigenvalue weighted by molar-refractivity contribution is 5.89. The van der Waals surface area contributed by atoms with Crippen molar-refractivity contribution in [2.75, 3.05) is 26.8 Å². The van der Waals surface area contributed by atoms with Crippen molar-refractivity contribution in [1.82, 2.24) is 16.0 Å². The predicted molar refractivity (Wildman–Crippen MR) is 118 cm³/mol. The summed E-state index contributed by atoms with van der Waals surface area (Å²) in [4.78, 5) is 46.9. The number of nitrogens with one attached hydrogen (secondary N) is 3. The van der Waals surface area contributed by atoms with Crippen molar-refractivity contribution in [2.45, 2.75) is 18.4 Å². The van der Waals surface area contributed by atoms with Gasteiger partial charge in [0.2, 0.25) is 5.91 Å². The normalized spacial score (nSPS) is 12.6. The van der Waals surface area contributed by atoms with E-state index in [-0.39, 0.29) is 25.6 Å². The van der Waals surface area contributed by atoms with Crippen LogP contribution < -0.4 is 16.0 Å². The molecule has 0 heterocycles. The molecule has 0 spiro atoms. The Morgan fingerprint density at radius 3 is 2.06 bits per heavy atom. The van der Waals surface area contributed by atoms with Crippen LogP contribution in [0.4, 0.5) is 9.59 Å². The summed E-state index contributed by atoms with van der Waals surface area (Å²) < 4.78 is 9.79. The molecule has 2 aromatic rings. The van der Waals surface area contributed by atoms with Gasteiger partial charge in [-0.2, -0.15) is 0 Å². The molecule has 0 saturated heterocycles. The van der Waals surface area contributed by atoms with Crippen LogP contribution >= 0.6 is 0 Å². The number of alkyl carbamates (subject to hydrolysis) is 2. The van der Waals surface area contributed by atoms with Crippen LogP contribution in [-0.4, -0.2) is 62.0 Å². The largest absolute Gasteiger partial charge is 0.481 e. The summed E-state index contributed by atoms with van der Waals surface area (Å²) in [5, 5.41) is 16.2.